The van der Waals surface area contributed by atoms with Crippen molar-refractivity contribution in [2.75, 3.05) is 26.3 Å². The summed E-state index contributed by atoms with van der Waals surface area (Å²) in [5.41, 5.74) is -0.409. The number of amides is 1. The van der Waals surface area contributed by atoms with Gasteiger partial charge in [0.1, 0.15) is 0 Å². The standard InChI is InChI=1S/C21H26ClNO4/c22-17-6-4-15(5-7-17)20(8-2-1-3-9-20)18(24)23-12-16-13-27-11-10-21(16,14-23)19(25)26/h4-7,16H,1-3,8-14H2,(H,25,26)/t16-,21+/m1/s1. The molecule has 2 saturated heterocycles. The summed E-state index contributed by atoms with van der Waals surface area (Å²) in [7, 11) is 0. The topological polar surface area (TPSA) is 66.8 Å². The molecular weight excluding hydrogens is 366 g/mol. The molecule has 1 amide bonds. The lowest BCUT2D eigenvalue weighted by atomic mass is 9.68. The lowest BCUT2D eigenvalue weighted by Gasteiger charge is -2.39. The molecule has 2 atom stereocenters. The summed E-state index contributed by atoms with van der Waals surface area (Å²) in [5.74, 6) is -0.839. The van der Waals surface area contributed by atoms with Crippen LogP contribution in [0.25, 0.3) is 0 Å². The summed E-state index contributed by atoms with van der Waals surface area (Å²) < 4.78 is 5.54. The number of carbonyl (C=O) groups excluding carboxylic acids is 1. The van der Waals surface area contributed by atoms with E-state index in [2.05, 4.69) is 0 Å². The summed E-state index contributed by atoms with van der Waals surface area (Å²) in [5, 5.41) is 10.6. The molecule has 0 radical (unpaired) electrons. The minimum absolute atomic E-state index is 0.0829. The molecule has 3 fully saturated rings. The van der Waals surface area contributed by atoms with Crippen molar-refractivity contribution in [3.8, 4) is 0 Å². The number of aliphatic carboxylic acids is 1. The zero-order chi connectivity index (χ0) is 19.1. The van der Waals surface area contributed by atoms with Gasteiger partial charge in [-0.2, -0.15) is 0 Å². The van der Waals surface area contributed by atoms with Crippen LogP contribution in [-0.2, 0) is 19.7 Å². The maximum atomic E-state index is 13.8. The highest BCUT2D eigenvalue weighted by Crippen LogP contribution is 2.47. The third kappa shape index (κ3) is 3.05. The van der Waals surface area contributed by atoms with Crippen LogP contribution in [0.2, 0.25) is 5.02 Å². The molecule has 2 heterocycles. The number of carboxylic acids is 1. The van der Waals surface area contributed by atoms with E-state index in [0.717, 1.165) is 37.7 Å². The molecule has 0 spiro atoms. The van der Waals surface area contributed by atoms with Crippen LogP contribution < -0.4 is 0 Å². The van der Waals surface area contributed by atoms with Gasteiger partial charge in [-0.15, -0.1) is 0 Å². The predicted molar refractivity (Wildman–Crippen MR) is 102 cm³/mol. The van der Waals surface area contributed by atoms with Crippen molar-refractivity contribution in [3.63, 3.8) is 0 Å². The number of likely N-dealkylation sites (tertiary alicyclic amines) is 1. The lowest BCUT2D eigenvalue weighted by molar-refractivity contribution is -0.157. The van der Waals surface area contributed by atoms with Crippen molar-refractivity contribution >= 4 is 23.5 Å². The van der Waals surface area contributed by atoms with Crippen LogP contribution in [0.4, 0.5) is 0 Å². The van der Waals surface area contributed by atoms with E-state index in [9.17, 15) is 14.7 Å². The first kappa shape index (κ1) is 18.8. The van der Waals surface area contributed by atoms with E-state index >= 15 is 0 Å². The molecule has 27 heavy (non-hydrogen) atoms. The number of rotatable bonds is 3. The van der Waals surface area contributed by atoms with Gasteiger partial charge < -0.3 is 14.7 Å². The average Bonchev–Trinajstić information content (AvgIpc) is 3.09. The van der Waals surface area contributed by atoms with E-state index in [1.54, 1.807) is 0 Å². The van der Waals surface area contributed by atoms with Gasteiger partial charge in [0.25, 0.3) is 0 Å². The average molecular weight is 392 g/mol. The van der Waals surface area contributed by atoms with Gasteiger partial charge in [0.15, 0.2) is 0 Å². The number of halogens is 1. The molecule has 1 N–H and O–H groups in total. The Labute approximate surface area is 164 Å². The van der Waals surface area contributed by atoms with Gasteiger partial charge in [0.05, 0.1) is 17.4 Å². The van der Waals surface area contributed by atoms with E-state index in [4.69, 9.17) is 16.3 Å². The highest BCUT2D eigenvalue weighted by Gasteiger charge is 2.57. The van der Waals surface area contributed by atoms with Crippen molar-refractivity contribution in [2.45, 2.75) is 43.9 Å². The molecule has 0 aromatic heterocycles. The van der Waals surface area contributed by atoms with Crippen molar-refractivity contribution in [3.05, 3.63) is 34.9 Å². The summed E-state index contributed by atoms with van der Waals surface area (Å²) in [6.07, 6.45) is 5.26. The molecule has 2 aliphatic heterocycles. The van der Waals surface area contributed by atoms with Crippen LogP contribution in [0, 0.1) is 11.3 Å². The van der Waals surface area contributed by atoms with E-state index in [0.29, 0.717) is 37.7 Å². The Morgan fingerprint density at radius 3 is 2.44 bits per heavy atom. The summed E-state index contributed by atoms with van der Waals surface area (Å²) >= 11 is 6.06. The van der Waals surface area contributed by atoms with Crippen LogP contribution >= 0.6 is 11.6 Å². The number of carboxylic acid groups (broad SMARTS) is 1. The van der Waals surface area contributed by atoms with Gasteiger partial charge in [0.2, 0.25) is 5.91 Å². The first-order chi connectivity index (χ1) is 13.0. The quantitative estimate of drug-likeness (QED) is 0.856. The second kappa shape index (κ2) is 7.10. The van der Waals surface area contributed by atoms with E-state index in [1.807, 2.05) is 29.2 Å². The molecule has 6 heteroatoms. The molecule has 0 bridgehead atoms. The minimum atomic E-state index is -0.857. The molecule has 1 aromatic rings. The molecule has 3 aliphatic rings. The summed E-state index contributed by atoms with van der Waals surface area (Å²) in [6, 6.07) is 7.61. The maximum absolute atomic E-state index is 13.8. The SMILES string of the molecule is O=C(N1C[C@@H]2COCC[C@]2(C(=O)O)C1)C1(c2ccc(Cl)cc2)CCCCC1. The maximum Gasteiger partial charge on any atom is 0.311 e. The first-order valence-corrected chi connectivity index (χ1v) is 10.2. The van der Waals surface area contributed by atoms with Crippen molar-refractivity contribution in [1.82, 2.24) is 4.90 Å². The summed E-state index contributed by atoms with van der Waals surface area (Å²) in [4.78, 5) is 27.7. The van der Waals surface area contributed by atoms with Crippen molar-refractivity contribution < 1.29 is 19.4 Å². The predicted octanol–water partition coefficient (Wildman–Crippen LogP) is 3.49. The Kier molecular flexibility index (Phi) is 4.93. The Balaban J connectivity index is 1.66. The fourth-order valence-corrected chi connectivity index (χ4v) is 5.43. The number of hydrogen-bond acceptors (Lipinski definition) is 3. The second-order valence-electron chi connectivity index (χ2n) is 8.32. The van der Waals surface area contributed by atoms with Gasteiger partial charge in [-0.25, -0.2) is 0 Å². The van der Waals surface area contributed by atoms with E-state index < -0.39 is 16.8 Å². The van der Waals surface area contributed by atoms with Crippen LogP contribution in [0.5, 0.6) is 0 Å². The molecule has 1 saturated carbocycles. The monoisotopic (exact) mass is 391 g/mol. The van der Waals surface area contributed by atoms with Gasteiger partial charge >= 0.3 is 5.97 Å². The van der Waals surface area contributed by atoms with Crippen LogP contribution in [-0.4, -0.2) is 48.2 Å². The fraction of sp³-hybridized carbons (Fsp3) is 0.619. The Morgan fingerprint density at radius 2 is 1.81 bits per heavy atom. The number of nitrogens with zero attached hydrogens (tertiary/aromatic N) is 1. The highest BCUT2D eigenvalue weighted by molar-refractivity contribution is 6.30. The fourth-order valence-electron chi connectivity index (χ4n) is 5.31. The summed E-state index contributed by atoms with van der Waals surface area (Å²) in [6.45, 7) is 1.64. The molecule has 1 aliphatic carbocycles. The first-order valence-electron chi connectivity index (χ1n) is 9.85. The lowest BCUT2D eigenvalue weighted by Crippen LogP contribution is -2.49. The molecular formula is C21H26ClNO4. The third-order valence-corrected chi connectivity index (χ3v) is 7.19. The zero-order valence-electron chi connectivity index (χ0n) is 15.5. The zero-order valence-corrected chi connectivity index (χ0v) is 16.2. The normalized spacial score (nSPS) is 30.0. The molecule has 146 valence electrons. The van der Waals surface area contributed by atoms with Crippen molar-refractivity contribution in [1.29, 1.82) is 0 Å². The molecule has 5 nitrogen and oxygen atoms in total. The van der Waals surface area contributed by atoms with Crippen LogP contribution in [0.1, 0.15) is 44.1 Å². The van der Waals surface area contributed by atoms with Gasteiger partial charge in [-0.3, -0.25) is 9.59 Å². The number of fused-ring (bicyclic) bond motifs is 1. The Hall–Kier alpha value is -1.59. The number of carbonyl (C=O) groups is 2. The number of hydrogen-bond donors (Lipinski definition) is 1. The number of ether oxygens (including phenoxy) is 1. The number of benzene rings is 1. The van der Waals surface area contributed by atoms with Crippen LogP contribution in [0.15, 0.2) is 24.3 Å². The molecule has 4 rings (SSSR count). The minimum Gasteiger partial charge on any atom is -0.481 e. The van der Waals surface area contributed by atoms with Crippen LogP contribution in [0.3, 0.4) is 0 Å². The van der Waals surface area contributed by atoms with E-state index in [-0.39, 0.29) is 11.8 Å². The Morgan fingerprint density at radius 1 is 1.11 bits per heavy atom. The Bertz CT molecular complexity index is 728. The highest BCUT2D eigenvalue weighted by atomic mass is 35.5. The van der Waals surface area contributed by atoms with Gasteiger partial charge in [0, 0.05) is 30.6 Å². The molecule has 0 unspecified atom stereocenters. The van der Waals surface area contributed by atoms with Gasteiger partial charge in [-0.05, 0) is 37.0 Å². The van der Waals surface area contributed by atoms with Crippen molar-refractivity contribution in [2.24, 2.45) is 11.3 Å². The van der Waals surface area contributed by atoms with Gasteiger partial charge in [-0.1, -0.05) is 43.0 Å². The molecule has 1 aromatic carbocycles. The largest absolute Gasteiger partial charge is 0.481 e. The smallest absolute Gasteiger partial charge is 0.311 e. The third-order valence-electron chi connectivity index (χ3n) is 6.93. The van der Waals surface area contributed by atoms with E-state index in [1.165, 1.54) is 0 Å². The second-order valence-corrected chi connectivity index (χ2v) is 8.75.